The van der Waals surface area contributed by atoms with Gasteiger partial charge in [-0.25, -0.2) is 0 Å². The molecule has 1 nitrogen and oxygen atoms in total. The number of rotatable bonds is 5. The minimum absolute atomic E-state index is 0.712. The van der Waals surface area contributed by atoms with Crippen molar-refractivity contribution in [1.29, 1.82) is 0 Å². The average Bonchev–Trinajstić information content (AvgIpc) is 3.29. The maximum Gasteiger partial charge on any atom is 0.0409 e. The van der Waals surface area contributed by atoms with Crippen LogP contribution in [0.25, 0.3) is 11.1 Å². The van der Waals surface area contributed by atoms with Gasteiger partial charge in [-0.05, 0) is 53.6 Å². The molecule has 2 aromatic carbocycles. The maximum absolute atomic E-state index is 6.17. The van der Waals surface area contributed by atoms with Gasteiger partial charge in [0.05, 0.1) is 0 Å². The van der Waals surface area contributed by atoms with E-state index in [0.29, 0.717) is 6.04 Å². The summed E-state index contributed by atoms with van der Waals surface area (Å²) in [6, 6.07) is 15.7. The summed E-state index contributed by atoms with van der Waals surface area (Å²) in [5.74, 6) is 0. The van der Waals surface area contributed by atoms with Gasteiger partial charge in [-0.15, -0.1) is 0 Å². The molecule has 2 aromatic rings. The van der Waals surface area contributed by atoms with E-state index in [1.165, 1.54) is 35.1 Å². The quantitative estimate of drug-likeness (QED) is 0.830. The molecule has 0 spiro atoms. The fourth-order valence-corrected chi connectivity index (χ4v) is 2.69. The highest BCUT2D eigenvalue weighted by atomic mass is 35.5. The minimum Gasteiger partial charge on any atom is -0.310 e. The van der Waals surface area contributed by atoms with Gasteiger partial charge in [-0.1, -0.05) is 48.9 Å². The summed E-state index contributed by atoms with van der Waals surface area (Å²) in [5.41, 5.74) is 5.24. The molecule has 1 saturated carbocycles. The molecule has 0 saturated heterocycles. The predicted molar refractivity (Wildman–Crippen MR) is 86.1 cm³/mol. The van der Waals surface area contributed by atoms with E-state index in [1.54, 1.807) is 0 Å². The Labute approximate surface area is 126 Å². The summed E-state index contributed by atoms with van der Waals surface area (Å²) in [6.07, 6.45) is 3.68. The lowest BCUT2D eigenvalue weighted by Crippen LogP contribution is -2.15. The van der Waals surface area contributed by atoms with Crippen LogP contribution in [0.5, 0.6) is 0 Å². The Morgan fingerprint density at radius 1 is 1.15 bits per heavy atom. The number of halogens is 1. The first-order valence-corrected chi connectivity index (χ1v) is 7.75. The molecule has 0 amide bonds. The molecule has 1 fully saturated rings. The van der Waals surface area contributed by atoms with E-state index in [4.69, 9.17) is 11.6 Å². The standard InChI is InChI=1S/C18H20ClN/c1-2-13-4-3-5-14(10-13)18-9-6-16(19)11-15(18)12-20-17-7-8-17/h3-6,9-11,17,20H,2,7-8,12H2,1H3. The van der Waals surface area contributed by atoms with E-state index in [0.717, 1.165) is 18.0 Å². The first kappa shape index (κ1) is 13.7. The second-order valence-corrected chi connectivity index (χ2v) is 5.95. The van der Waals surface area contributed by atoms with Crippen LogP contribution in [0.15, 0.2) is 42.5 Å². The van der Waals surface area contributed by atoms with E-state index in [9.17, 15) is 0 Å². The molecule has 0 bridgehead atoms. The number of benzene rings is 2. The normalized spacial score (nSPS) is 14.5. The van der Waals surface area contributed by atoms with Crippen LogP contribution in [0.4, 0.5) is 0 Å². The van der Waals surface area contributed by atoms with Crippen LogP contribution in [-0.2, 0) is 13.0 Å². The molecule has 104 valence electrons. The zero-order valence-corrected chi connectivity index (χ0v) is 12.6. The van der Waals surface area contributed by atoms with Crippen LogP contribution in [-0.4, -0.2) is 6.04 Å². The molecule has 3 rings (SSSR count). The van der Waals surface area contributed by atoms with E-state index in [1.807, 2.05) is 6.07 Å². The van der Waals surface area contributed by atoms with Gasteiger partial charge in [-0.2, -0.15) is 0 Å². The number of hydrogen-bond acceptors (Lipinski definition) is 1. The monoisotopic (exact) mass is 285 g/mol. The van der Waals surface area contributed by atoms with E-state index < -0.39 is 0 Å². The topological polar surface area (TPSA) is 12.0 Å². The molecular formula is C18H20ClN. The van der Waals surface area contributed by atoms with E-state index in [2.05, 4.69) is 48.6 Å². The van der Waals surface area contributed by atoms with Gasteiger partial charge in [0.2, 0.25) is 0 Å². The van der Waals surface area contributed by atoms with Gasteiger partial charge < -0.3 is 5.32 Å². The van der Waals surface area contributed by atoms with Gasteiger partial charge in [0, 0.05) is 17.6 Å². The molecule has 0 aromatic heterocycles. The zero-order chi connectivity index (χ0) is 13.9. The maximum atomic E-state index is 6.17. The van der Waals surface area contributed by atoms with Crippen LogP contribution in [0.1, 0.15) is 30.9 Å². The Kier molecular flexibility index (Phi) is 4.09. The number of nitrogens with one attached hydrogen (secondary N) is 1. The summed E-state index contributed by atoms with van der Waals surface area (Å²) in [7, 11) is 0. The Hall–Kier alpha value is -1.31. The van der Waals surface area contributed by atoms with Crippen molar-refractivity contribution < 1.29 is 0 Å². The highest BCUT2D eigenvalue weighted by Gasteiger charge is 2.20. The Morgan fingerprint density at radius 3 is 2.75 bits per heavy atom. The molecule has 20 heavy (non-hydrogen) atoms. The van der Waals surface area contributed by atoms with Crippen molar-refractivity contribution in [3.05, 3.63) is 58.6 Å². The predicted octanol–water partition coefficient (Wildman–Crippen LogP) is 4.82. The molecular weight excluding hydrogens is 266 g/mol. The van der Waals surface area contributed by atoms with Crippen molar-refractivity contribution in [2.75, 3.05) is 0 Å². The van der Waals surface area contributed by atoms with Crippen LogP contribution in [0.3, 0.4) is 0 Å². The molecule has 0 radical (unpaired) electrons. The third kappa shape index (κ3) is 3.23. The van der Waals surface area contributed by atoms with Crippen LogP contribution >= 0.6 is 11.6 Å². The zero-order valence-electron chi connectivity index (χ0n) is 11.8. The lowest BCUT2D eigenvalue weighted by molar-refractivity contribution is 0.689. The molecule has 0 unspecified atom stereocenters. The van der Waals surface area contributed by atoms with Crippen LogP contribution < -0.4 is 5.32 Å². The second-order valence-electron chi connectivity index (χ2n) is 5.51. The Bertz CT molecular complexity index is 602. The van der Waals surface area contributed by atoms with Gasteiger partial charge in [-0.3, -0.25) is 0 Å². The summed E-state index contributed by atoms with van der Waals surface area (Å²) in [6.45, 7) is 3.09. The van der Waals surface area contributed by atoms with E-state index >= 15 is 0 Å². The van der Waals surface area contributed by atoms with Gasteiger partial charge in [0.15, 0.2) is 0 Å². The summed E-state index contributed by atoms with van der Waals surface area (Å²) < 4.78 is 0. The van der Waals surface area contributed by atoms with Crippen molar-refractivity contribution in [3.63, 3.8) is 0 Å². The second kappa shape index (κ2) is 5.99. The largest absolute Gasteiger partial charge is 0.310 e. The molecule has 1 aliphatic rings. The highest BCUT2D eigenvalue weighted by Crippen LogP contribution is 2.28. The smallest absolute Gasteiger partial charge is 0.0409 e. The van der Waals surface area contributed by atoms with Gasteiger partial charge in [0.25, 0.3) is 0 Å². The SMILES string of the molecule is CCc1cccc(-c2ccc(Cl)cc2CNC2CC2)c1. The highest BCUT2D eigenvalue weighted by molar-refractivity contribution is 6.30. The summed E-state index contributed by atoms with van der Waals surface area (Å²) >= 11 is 6.17. The molecule has 1 aliphatic carbocycles. The number of hydrogen-bond donors (Lipinski definition) is 1. The molecule has 1 N–H and O–H groups in total. The lowest BCUT2D eigenvalue weighted by atomic mass is 9.97. The van der Waals surface area contributed by atoms with E-state index in [-0.39, 0.29) is 0 Å². The first-order valence-electron chi connectivity index (χ1n) is 7.37. The summed E-state index contributed by atoms with van der Waals surface area (Å²) in [4.78, 5) is 0. The molecule has 0 atom stereocenters. The summed E-state index contributed by atoms with van der Waals surface area (Å²) in [5, 5.41) is 4.39. The molecule has 0 heterocycles. The van der Waals surface area contributed by atoms with Crippen LogP contribution in [0, 0.1) is 0 Å². The van der Waals surface area contributed by atoms with Crippen molar-refractivity contribution in [2.45, 2.75) is 38.8 Å². The third-order valence-electron chi connectivity index (χ3n) is 3.87. The first-order chi connectivity index (χ1) is 9.76. The van der Waals surface area contributed by atoms with Crippen molar-refractivity contribution in [1.82, 2.24) is 5.32 Å². The fourth-order valence-electron chi connectivity index (χ4n) is 2.49. The average molecular weight is 286 g/mol. The van der Waals surface area contributed by atoms with Crippen molar-refractivity contribution >= 4 is 11.6 Å². The van der Waals surface area contributed by atoms with Gasteiger partial charge >= 0.3 is 0 Å². The number of aryl methyl sites for hydroxylation is 1. The minimum atomic E-state index is 0.712. The Morgan fingerprint density at radius 2 is 2.00 bits per heavy atom. The fraction of sp³-hybridized carbons (Fsp3) is 0.333. The Balaban J connectivity index is 1.93. The molecule has 2 heteroatoms. The molecule has 0 aliphatic heterocycles. The van der Waals surface area contributed by atoms with Crippen LogP contribution in [0.2, 0.25) is 5.02 Å². The van der Waals surface area contributed by atoms with Crippen molar-refractivity contribution in [2.24, 2.45) is 0 Å². The van der Waals surface area contributed by atoms with Crippen molar-refractivity contribution in [3.8, 4) is 11.1 Å². The van der Waals surface area contributed by atoms with Gasteiger partial charge in [0.1, 0.15) is 0 Å². The lowest BCUT2D eigenvalue weighted by Gasteiger charge is -2.12. The third-order valence-corrected chi connectivity index (χ3v) is 4.11.